The standard InChI is InChI=1S/C18H28ClN3O2/c1-3-20-18(22-14-15-10-7-8-11-16(15)19)21-13-9-5-4-6-12-17(23)24-2/h7-8,10-11H,3-6,9,12-14H2,1-2H3,(H2,20,21,22). The molecule has 0 bridgehead atoms. The minimum Gasteiger partial charge on any atom is -0.469 e. The molecule has 0 aliphatic carbocycles. The Kier molecular flexibility index (Phi) is 10.7. The summed E-state index contributed by atoms with van der Waals surface area (Å²) in [5, 5.41) is 7.30. The van der Waals surface area contributed by atoms with E-state index in [2.05, 4.69) is 20.4 Å². The number of aliphatic imine (C=N–C) groups is 1. The Bertz CT molecular complexity index is 521. The fourth-order valence-electron chi connectivity index (χ4n) is 2.19. The minimum atomic E-state index is -0.130. The monoisotopic (exact) mass is 353 g/mol. The van der Waals surface area contributed by atoms with Gasteiger partial charge in [-0.3, -0.25) is 4.79 Å². The molecule has 0 saturated heterocycles. The summed E-state index contributed by atoms with van der Waals surface area (Å²) in [6.07, 6.45) is 4.54. The minimum absolute atomic E-state index is 0.130. The van der Waals surface area contributed by atoms with Gasteiger partial charge in [-0.25, -0.2) is 4.99 Å². The highest BCUT2D eigenvalue weighted by molar-refractivity contribution is 6.31. The Labute approximate surface area is 149 Å². The first kappa shape index (κ1) is 20.3. The van der Waals surface area contributed by atoms with Crippen molar-refractivity contribution in [1.82, 2.24) is 10.6 Å². The molecule has 0 saturated carbocycles. The van der Waals surface area contributed by atoms with Gasteiger partial charge in [0.1, 0.15) is 0 Å². The fourth-order valence-corrected chi connectivity index (χ4v) is 2.38. The number of hydrogen-bond acceptors (Lipinski definition) is 3. The number of rotatable bonds is 10. The average Bonchev–Trinajstić information content (AvgIpc) is 2.59. The Morgan fingerprint density at radius 2 is 1.92 bits per heavy atom. The fraction of sp³-hybridized carbons (Fsp3) is 0.556. The Morgan fingerprint density at radius 3 is 2.62 bits per heavy atom. The van der Waals surface area contributed by atoms with Crippen LogP contribution in [-0.4, -0.2) is 32.1 Å². The molecule has 0 fully saturated rings. The maximum atomic E-state index is 11.0. The summed E-state index contributed by atoms with van der Waals surface area (Å²) < 4.78 is 4.62. The molecule has 0 unspecified atom stereocenters. The number of halogens is 1. The predicted octanol–water partition coefficient (Wildman–Crippen LogP) is 3.52. The SMILES string of the molecule is CCNC(=NCc1ccccc1Cl)NCCCCCCC(=O)OC. The van der Waals surface area contributed by atoms with E-state index in [0.717, 1.165) is 55.3 Å². The summed E-state index contributed by atoms with van der Waals surface area (Å²) >= 11 is 6.15. The summed E-state index contributed by atoms with van der Waals surface area (Å²) in [5.41, 5.74) is 1.01. The van der Waals surface area contributed by atoms with E-state index in [1.807, 2.05) is 31.2 Å². The number of benzene rings is 1. The van der Waals surface area contributed by atoms with Crippen LogP contribution in [-0.2, 0) is 16.1 Å². The average molecular weight is 354 g/mol. The molecule has 1 rings (SSSR count). The van der Waals surface area contributed by atoms with Gasteiger partial charge in [0.25, 0.3) is 0 Å². The zero-order valence-corrected chi connectivity index (χ0v) is 15.4. The lowest BCUT2D eigenvalue weighted by atomic mass is 10.1. The van der Waals surface area contributed by atoms with Crippen molar-refractivity contribution in [2.45, 2.75) is 45.6 Å². The third-order valence-electron chi connectivity index (χ3n) is 3.54. The van der Waals surface area contributed by atoms with Gasteiger partial charge in [0.15, 0.2) is 5.96 Å². The molecule has 0 spiro atoms. The van der Waals surface area contributed by atoms with E-state index in [1.54, 1.807) is 0 Å². The molecule has 0 heterocycles. The van der Waals surface area contributed by atoms with Gasteiger partial charge in [-0.15, -0.1) is 0 Å². The van der Waals surface area contributed by atoms with Gasteiger partial charge in [0, 0.05) is 24.5 Å². The van der Waals surface area contributed by atoms with Crippen LogP contribution >= 0.6 is 11.6 Å². The number of hydrogen-bond donors (Lipinski definition) is 2. The summed E-state index contributed by atoms with van der Waals surface area (Å²) in [6, 6.07) is 7.74. The van der Waals surface area contributed by atoms with E-state index < -0.39 is 0 Å². The molecule has 5 nitrogen and oxygen atoms in total. The van der Waals surface area contributed by atoms with Gasteiger partial charge in [-0.2, -0.15) is 0 Å². The van der Waals surface area contributed by atoms with Crippen LogP contribution in [0.2, 0.25) is 5.02 Å². The molecule has 24 heavy (non-hydrogen) atoms. The maximum Gasteiger partial charge on any atom is 0.305 e. The Hall–Kier alpha value is -1.75. The largest absolute Gasteiger partial charge is 0.469 e. The number of nitrogens with zero attached hydrogens (tertiary/aromatic N) is 1. The number of ether oxygens (including phenoxy) is 1. The van der Waals surface area contributed by atoms with E-state index in [9.17, 15) is 4.79 Å². The molecule has 0 radical (unpaired) electrons. The summed E-state index contributed by atoms with van der Waals surface area (Å²) in [5.74, 6) is 0.668. The Balaban J connectivity index is 2.27. The van der Waals surface area contributed by atoms with Crippen molar-refractivity contribution in [1.29, 1.82) is 0 Å². The second-order valence-electron chi connectivity index (χ2n) is 5.45. The summed E-state index contributed by atoms with van der Waals surface area (Å²) in [6.45, 7) is 4.26. The molecular formula is C18H28ClN3O2. The lowest BCUT2D eigenvalue weighted by Gasteiger charge is -2.11. The first-order valence-electron chi connectivity index (χ1n) is 8.49. The third kappa shape index (κ3) is 8.77. The van der Waals surface area contributed by atoms with E-state index >= 15 is 0 Å². The van der Waals surface area contributed by atoms with Gasteiger partial charge in [-0.1, -0.05) is 42.6 Å². The van der Waals surface area contributed by atoms with Crippen LogP contribution in [0.1, 0.15) is 44.6 Å². The van der Waals surface area contributed by atoms with Crippen LogP contribution in [0.15, 0.2) is 29.3 Å². The van der Waals surface area contributed by atoms with E-state index in [1.165, 1.54) is 7.11 Å². The molecule has 134 valence electrons. The van der Waals surface area contributed by atoms with Crippen molar-refractivity contribution < 1.29 is 9.53 Å². The van der Waals surface area contributed by atoms with Crippen molar-refractivity contribution in [2.75, 3.05) is 20.2 Å². The van der Waals surface area contributed by atoms with Gasteiger partial charge in [0.2, 0.25) is 0 Å². The number of unbranched alkanes of at least 4 members (excludes halogenated alkanes) is 3. The van der Waals surface area contributed by atoms with Crippen molar-refractivity contribution >= 4 is 23.5 Å². The number of guanidine groups is 1. The molecule has 0 aromatic heterocycles. The highest BCUT2D eigenvalue weighted by Crippen LogP contribution is 2.15. The van der Waals surface area contributed by atoms with Crippen LogP contribution in [0.5, 0.6) is 0 Å². The second kappa shape index (κ2) is 12.6. The first-order chi connectivity index (χ1) is 11.7. The van der Waals surface area contributed by atoms with Gasteiger partial charge in [0.05, 0.1) is 13.7 Å². The lowest BCUT2D eigenvalue weighted by molar-refractivity contribution is -0.140. The maximum absolute atomic E-state index is 11.0. The van der Waals surface area contributed by atoms with Gasteiger partial charge >= 0.3 is 5.97 Å². The van der Waals surface area contributed by atoms with Crippen LogP contribution < -0.4 is 10.6 Å². The molecule has 1 aromatic carbocycles. The van der Waals surface area contributed by atoms with E-state index in [-0.39, 0.29) is 5.97 Å². The smallest absolute Gasteiger partial charge is 0.305 e. The zero-order valence-electron chi connectivity index (χ0n) is 14.6. The lowest BCUT2D eigenvalue weighted by Crippen LogP contribution is -2.37. The molecule has 6 heteroatoms. The highest BCUT2D eigenvalue weighted by atomic mass is 35.5. The van der Waals surface area contributed by atoms with E-state index in [4.69, 9.17) is 11.6 Å². The topological polar surface area (TPSA) is 62.7 Å². The third-order valence-corrected chi connectivity index (χ3v) is 3.91. The van der Waals surface area contributed by atoms with Crippen LogP contribution in [0.4, 0.5) is 0 Å². The molecule has 0 aliphatic heterocycles. The quantitative estimate of drug-likeness (QED) is 0.292. The summed E-state index contributed by atoms with van der Waals surface area (Å²) in [4.78, 5) is 15.6. The Morgan fingerprint density at radius 1 is 1.17 bits per heavy atom. The number of esters is 1. The first-order valence-corrected chi connectivity index (χ1v) is 8.87. The second-order valence-corrected chi connectivity index (χ2v) is 5.86. The van der Waals surface area contributed by atoms with Crippen LogP contribution in [0.3, 0.4) is 0 Å². The molecule has 0 atom stereocenters. The normalized spacial score (nSPS) is 11.2. The van der Waals surface area contributed by atoms with Gasteiger partial charge < -0.3 is 15.4 Å². The van der Waals surface area contributed by atoms with Crippen molar-refractivity contribution in [2.24, 2.45) is 4.99 Å². The number of methoxy groups -OCH3 is 1. The molecular weight excluding hydrogens is 326 g/mol. The van der Waals surface area contributed by atoms with Gasteiger partial charge in [-0.05, 0) is 31.4 Å². The van der Waals surface area contributed by atoms with Crippen LogP contribution in [0.25, 0.3) is 0 Å². The van der Waals surface area contributed by atoms with Crippen molar-refractivity contribution in [3.63, 3.8) is 0 Å². The highest BCUT2D eigenvalue weighted by Gasteiger charge is 2.01. The predicted molar refractivity (Wildman–Crippen MR) is 99.4 cm³/mol. The van der Waals surface area contributed by atoms with E-state index in [0.29, 0.717) is 13.0 Å². The van der Waals surface area contributed by atoms with Crippen LogP contribution in [0, 0.1) is 0 Å². The molecule has 2 N–H and O–H groups in total. The molecule has 0 amide bonds. The number of carbonyl (C=O) groups excluding carboxylic acids is 1. The number of nitrogens with one attached hydrogen (secondary N) is 2. The molecule has 0 aliphatic rings. The summed E-state index contributed by atoms with van der Waals surface area (Å²) in [7, 11) is 1.43. The zero-order chi connectivity index (χ0) is 17.6. The number of carbonyl (C=O) groups is 1. The molecule has 1 aromatic rings. The van der Waals surface area contributed by atoms with Crippen molar-refractivity contribution in [3.05, 3.63) is 34.9 Å². The van der Waals surface area contributed by atoms with Crippen molar-refractivity contribution in [3.8, 4) is 0 Å².